The summed E-state index contributed by atoms with van der Waals surface area (Å²) in [6, 6.07) is 6.40. The van der Waals surface area contributed by atoms with Crippen molar-refractivity contribution < 1.29 is 4.79 Å². The fourth-order valence-electron chi connectivity index (χ4n) is 2.05. The number of aldehydes is 1. The minimum atomic E-state index is 0.309. The maximum Gasteiger partial charge on any atom is 0.120 e. The molecule has 0 radical (unpaired) electrons. The van der Waals surface area contributed by atoms with E-state index in [1.807, 2.05) is 11.3 Å². The Kier molecular flexibility index (Phi) is 2.71. The number of benzene rings is 1. The van der Waals surface area contributed by atoms with Crippen molar-refractivity contribution in [2.45, 2.75) is 38.0 Å². The number of rotatable bonds is 4. The van der Waals surface area contributed by atoms with Crippen LogP contribution in [0.15, 0.2) is 18.2 Å². The lowest BCUT2D eigenvalue weighted by atomic mass is 9.98. The Balaban J connectivity index is 1.96. The Morgan fingerprint density at radius 2 is 2.35 bits per heavy atom. The highest BCUT2D eigenvalue weighted by atomic mass is 32.1. The maximum absolute atomic E-state index is 10.5. The molecule has 1 aromatic carbocycles. The standard InChI is InChI=1S/C14H15NOS/c1-9(6-7-16)11-4-5-12-13(8-11)17-14(15-12)10-2-3-10/h4-5,7-10H,2-3,6H2,1H3. The van der Waals surface area contributed by atoms with Gasteiger partial charge in [-0.2, -0.15) is 0 Å². The molecule has 1 atom stereocenters. The van der Waals surface area contributed by atoms with Crippen LogP contribution in [0.5, 0.6) is 0 Å². The van der Waals surface area contributed by atoms with Crippen LogP contribution in [0.4, 0.5) is 0 Å². The Bertz CT molecular complexity index is 556. The van der Waals surface area contributed by atoms with Gasteiger partial charge in [0.1, 0.15) is 6.29 Å². The zero-order valence-corrected chi connectivity index (χ0v) is 10.7. The number of aromatic nitrogens is 1. The Morgan fingerprint density at radius 3 is 3.06 bits per heavy atom. The van der Waals surface area contributed by atoms with Crippen LogP contribution in [-0.4, -0.2) is 11.3 Å². The summed E-state index contributed by atoms with van der Waals surface area (Å²) >= 11 is 1.82. The van der Waals surface area contributed by atoms with Gasteiger partial charge in [-0.25, -0.2) is 4.98 Å². The van der Waals surface area contributed by atoms with E-state index in [0.717, 1.165) is 17.7 Å². The minimum absolute atomic E-state index is 0.309. The van der Waals surface area contributed by atoms with Crippen molar-refractivity contribution in [2.75, 3.05) is 0 Å². The first-order chi connectivity index (χ1) is 8.28. The molecular formula is C14H15NOS. The first-order valence-corrected chi connectivity index (χ1v) is 6.93. The van der Waals surface area contributed by atoms with Gasteiger partial charge in [-0.15, -0.1) is 11.3 Å². The van der Waals surface area contributed by atoms with Crippen LogP contribution in [0.3, 0.4) is 0 Å². The lowest BCUT2D eigenvalue weighted by Crippen LogP contribution is -1.93. The zero-order chi connectivity index (χ0) is 11.8. The van der Waals surface area contributed by atoms with Crippen LogP contribution in [0.1, 0.15) is 48.6 Å². The van der Waals surface area contributed by atoms with Crippen LogP contribution in [0.25, 0.3) is 10.2 Å². The molecule has 88 valence electrons. The second-order valence-corrected chi connectivity index (χ2v) is 5.92. The molecule has 17 heavy (non-hydrogen) atoms. The molecule has 0 amide bonds. The molecule has 3 heteroatoms. The molecule has 1 fully saturated rings. The molecule has 1 unspecified atom stereocenters. The second kappa shape index (κ2) is 4.22. The summed E-state index contributed by atoms with van der Waals surface area (Å²) in [7, 11) is 0. The van der Waals surface area contributed by atoms with E-state index in [9.17, 15) is 4.79 Å². The minimum Gasteiger partial charge on any atom is -0.303 e. The fourth-order valence-corrected chi connectivity index (χ4v) is 3.24. The van der Waals surface area contributed by atoms with Crippen LogP contribution >= 0.6 is 11.3 Å². The lowest BCUT2D eigenvalue weighted by Gasteiger charge is -2.07. The number of thiazole rings is 1. The van der Waals surface area contributed by atoms with Crippen LogP contribution in [0.2, 0.25) is 0 Å². The van der Waals surface area contributed by atoms with E-state index in [4.69, 9.17) is 0 Å². The molecule has 1 aromatic heterocycles. The molecule has 0 bridgehead atoms. The Labute approximate surface area is 105 Å². The predicted octanol–water partition coefficient (Wildman–Crippen LogP) is 3.87. The molecule has 1 saturated carbocycles. The molecule has 0 saturated heterocycles. The number of fused-ring (bicyclic) bond motifs is 1. The van der Waals surface area contributed by atoms with E-state index in [1.54, 1.807) is 0 Å². The van der Waals surface area contributed by atoms with Gasteiger partial charge in [0.2, 0.25) is 0 Å². The normalized spacial score (nSPS) is 17.2. The van der Waals surface area contributed by atoms with E-state index in [0.29, 0.717) is 12.3 Å². The highest BCUT2D eigenvalue weighted by Crippen LogP contribution is 2.43. The number of carbonyl (C=O) groups is 1. The van der Waals surface area contributed by atoms with Crippen molar-refractivity contribution in [1.29, 1.82) is 0 Å². The molecule has 1 heterocycles. The third kappa shape index (κ3) is 2.12. The van der Waals surface area contributed by atoms with Gasteiger partial charge in [-0.1, -0.05) is 13.0 Å². The Morgan fingerprint density at radius 1 is 1.53 bits per heavy atom. The third-order valence-corrected chi connectivity index (χ3v) is 4.56. The average Bonchev–Trinajstić information content (AvgIpc) is 3.08. The van der Waals surface area contributed by atoms with Gasteiger partial charge in [0.25, 0.3) is 0 Å². The molecule has 1 aliphatic rings. The fraction of sp³-hybridized carbons (Fsp3) is 0.429. The summed E-state index contributed by atoms with van der Waals surface area (Å²) in [6.07, 6.45) is 4.19. The van der Waals surface area contributed by atoms with Gasteiger partial charge in [-0.3, -0.25) is 0 Å². The summed E-state index contributed by atoms with van der Waals surface area (Å²) in [6.45, 7) is 2.10. The maximum atomic E-state index is 10.5. The van der Waals surface area contributed by atoms with E-state index in [1.165, 1.54) is 28.1 Å². The van der Waals surface area contributed by atoms with Gasteiger partial charge < -0.3 is 4.79 Å². The molecule has 2 nitrogen and oxygen atoms in total. The Hall–Kier alpha value is -1.22. The van der Waals surface area contributed by atoms with Crippen molar-refractivity contribution in [3.05, 3.63) is 28.8 Å². The summed E-state index contributed by atoms with van der Waals surface area (Å²) in [4.78, 5) is 15.2. The summed E-state index contributed by atoms with van der Waals surface area (Å²) in [5.41, 5.74) is 2.36. The average molecular weight is 245 g/mol. The predicted molar refractivity (Wildman–Crippen MR) is 70.7 cm³/mol. The zero-order valence-electron chi connectivity index (χ0n) is 9.85. The van der Waals surface area contributed by atoms with E-state index < -0.39 is 0 Å². The van der Waals surface area contributed by atoms with Crippen LogP contribution in [0, 0.1) is 0 Å². The molecule has 0 aliphatic heterocycles. The quantitative estimate of drug-likeness (QED) is 0.765. The lowest BCUT2D eigenvalue weighted by molar-refractivity contribution is -0.108. The molecule has 2 aromatic rings. The second-order valence-electron chi connectivity index (χ2n) is 4.86. The monoisotopic (exact) mass is 245 g/mol. The molecule has 3 rings (SSSR count). The molecule has 1 aliphatic carbocycles. The topological polar surface area (TPSA) is 30.0 Å². The van der Waals surface area contributed by atoms with Gasteiger partial charge in [0.15, 0.2) is 0 Å². The van der Waals surface area contributed by atoms with Gasteiger partial charge in [-0.05, 0) is 36.5 Å². The van der Waals surface area contributed by atoms with E-state index >= 15 is 0 Å². The summed E-state index contributed by atoms with van der Waals surface area (Å²) < 4.78 is 1.27. The number of carbonyl (C=O) groups excluding carboxylic acids is 1. The van der Waals surface area contributed by atoms with Crippen molar-refractivity contribution in [2.24, 2.45) is 0 Å². The third-order valence-electron chi connectivity index (χ3n) is 3.37. The number of nitrogens with zero attached hydrogens (tertiary/aromatic N) is 1. The first-order valence-electron chi connectivity index (χ1n) is 6.12. The SMILES string of the molecule is CC(CC=O)c1ccc2nc(C3CC3)sc2c1. The van der Waals surface area contributed by atoms with Crippen molar-refractivity contribution in [3.8, 4) is 0 Å². The summed E-state index contributed by atoms with van der Waals surface area (Å²) in [5, 5.41) is 1.29. The largest absolute Gasteiger partial charge is 0.303 e. The van der Waals surface area contributed by atoms with Crippen molar-refractivity contribution in [1.82, 2.24) is 4.98 Å². The van der Waals surface area contributed by atoms with Crippen molar-refractivity contribution in [3.63, 3.8) is 0 Å². The van der Waals surface area contributed by atoms with Gasteiger partial charge in [0.05, 0.1) is 15.2 Å². The first kappa shape index (κ1) is 10.9. The molecular weight excluding hydrogens is 230 g/mol. The smallest absolute Gasteiger partial charge is 0.120 e. The van der Waals surface area contributed by atoms with Crippen LogP contribution < -0.4 is 0 Å². The number of hydrogen-bond donors (Lipinski definition) is 0. The van der Waals surface area contributed by atoms with E-state index in [2.05, 4.69) is 30.1 Å². The van der Waals surface area contributed by atoms with Gasteiger partial charge in [0, 0.05) is 12.3 Å². The van der Waals surface area contributed by atoms with Crippen molar-refractivity contribution >= 4 is 27.8 Å². The molecule has 0 N–H and O–H groups in total. The summed E-state index contributed by atoms with van der Waals surface area (Å²) in [5.74, 6) is 1.03. The van der Waals surface area contributed by atoms with E-state index in [-0.39, 0.29) is 0 Å². The number of hydrogen-bond acceptors (Lipinski definition) is 3. The molecule has 0 spiro atoms. The van der Waals surface area contributed by atoms with Crippen LogP contribution in [-0.2, 0) is 4.79 Å². The highest BCUT2D eigenvalue weighted by Gasteiger charge is 2.27. The highest BCUT2D eigenvalue weighted by molar-refractivity contribution is 7.18. The van der Waals surface area contributed by atoms with Gasteiger partial charge >= 0.3 is 0 Å².